The summed E-state index contributed by atoms with van der Waals surface area (Å²) in [5, 5.41) is 1.73. The van der Waals surface area contributed by atoms with Gasteiger partial charge in [-0.05, 0) is 66.2 Å². The Hall–Kier alpha value is -2.68. The standard InChI is InChI=1S/C22H22N2O4S2/c1-15-12-18-6-5-16(14-23-30(26,27)21-4-3-11-29-21)13-20(18)24(15)22(25)17-7-9-19(28-2)10-8-17/h3-11,13,15,23H,12,14H2,1-2H3. The lowest BCUT2D eigenvalue weighted by molar-refractivity contribution is 0.0981. The van der Waals surface area contributed by atoms with Gasteiger partial charge in [-0.25, -0.2) is 13.1 Å². The van der Waals surface area contributed by atoms with Crippen molar-refractivity contribution in [1.29, 1.82) is 0 Å². The summed E-state index contributed by atoms with van der Waals surface area (Å²) in [5.74, 6) is 0.613. The monoisotopic (exact) mass is 442 g/mol. The Labute approximate surface area is 180 Å². The van der Waals surface area contributed by atoms with Gasteiger partial charge in [-0.2, -0.15) is 0 Å². The van der Waals surface area contributed by atoms with Gasteiger partial charge in [-0.1, -0.05) is 18.2 Å². The number of hydrogen-bond acceptors (Lipinski definition) is 5. The molecule has 1 N–H and O–H groups in total. The van der Waals surface area contributed by atoms with E-state index in [4.69, 9.17) is 4.74 Å². The van der Waals surface area contributed by atoms with Crippen molar-refractivity contribution in [1.82, 2.24) is 4.72 Å². The Morgan fingerprint density at radius 1 is 1.20 bits per heavy atom. The molecule has 2 heterocycles. The lowest BCUT2D eigenvalue weighted by Crippen LogP contribution is -2.35. The molecule has 0 radical (unpaired) electrons. The van der Waals surface area contributed by atoms with Crippen LogP contribution in [0, 0.1) is 0 Å². The van der Waals surface area contributed by atoms with Crippen LogP contribution in [0.1, 0.15) is 28.4 Å². The number of nitrogens with zero attached hydrogens (tertiary/aromatic N) is 1. The van der Waals surface area contributed by atoms with Crippen molar-refractivity contribution >= 4 is 33.0 Å². The van der Waals surface area contributed by atoms with Crippen molar-refractivity contribution in [2.24, 2.45) is 0 Å². The fraction of sp³-hybridized carbons (Fsp3) is 0.227. The van der Waals surface area contributed by atoms with Gasteiger partial charge in [0.25, 0.3) is 5.91 Å². The summed E-state index contributed by atoms with van der Waals surface area (Å²) in [6, 6.07) is 16.1. The van der Waals surface area contributed by atoms with Crippen LogP contribution >= 0.6 is 11.3 Å². The number of hydrogen-bond donors (Lipinski definition) is 1. The third-order valence-electron chi connectivity index (χ3n) is 5.15. The number of ether oxygens (including phenoxy) is 1. The maximum Gasteiger partial charge on any atom is 0.258 e. The molecular formula is C22H22N2O4S2. The van der Waals surface area contributed by atoms with Crippen LogP contribution in [0.3, 0.4) is 0 Å². The number of methoxy groups -OCH3 is 1. The maximum atomic E-state index is 13.2. The Balaban J connectivity index is 1.56. The van der Waals surface area contributed by atoms with Crippen LogP contribution in [0.2, 0.25) is 0 Å². The number of rotatable bonds is 6. The summed E-state index contributed by atoms with van der Waals surface area (Å²) < 4.78 is 32.9. The van der Waals surface area contributed by atoms with Crippen LogP contribution in [-0.4, -0.2) is 27.5 Å². The summed E-state index contributed by atoms with van der Waals surface area (Å²) in [7, 11) is -1.96. The Bertz CT molecular complexity index is 1160. The van der Waals surface area contributed by atoms with Gasteiger partial charge in [-0.15, -0.1) is 11.3 Å². The number of sulfonamides is 1. The molecule has 0 spiro atoms. The Morgan fingerprint density at radius 2 is 1.97 bits per heavy atom. The van der Waals surface area contributed by atoms with E-state index >= 15 is 0 Å². The maximum absolute atomic E-state index is 13.2. The van der Waals surface area contributed by atoms with Crippen LogP contribution < -0.4 is 14.4 Å². The zero-order valence-electron chi connectivity index (χ0n) is 16.7. The van der Waals surface area contributed by atoms with Crippen molar-refractivity contribution < 1.29 is 17.9 Å². The highest BCUT2D eigenvalue weighted by Gasteiger charge is 2.31. The number of carbonyl (C=O) groups excluding carboxylic acids is 1. The fourth-order valence-electron chi connectivity index (χ4n) is 3.61. The lowest BCUT2D eigenvalue weighted by atomic mass is 10.1. The molecule has 156 valence electrons. The summed E-state index contributed by atoms with van der Waals surface area (Å²) in [6.07, 6.45) is 0.762. The first kappa shape index (κ1) is 20.6. The minimum atomic E-state index is -3.54. The first-order chi connectivity index (χ1) is 14.4. The summed E-state index contributed by atoms with van der Waals surface area (Å²) in [6.45, 7) is 2.17. The molecule has 30 heavy (non-hydrogen) atoms. The summed E-state index contributed by atoms with van der Waals surface area (Å²) >= 11 is 1.18. The highest BCUT2D eigenvalue weighted by molar-refractivity contribution is 7.91. The molecule has 1 amide bonds. The first-order valence-electron chi connectivity index (χ1n) is 9.51. The minimum Gasteiger partial charge on any atom is -0.497 e. The normalized spacial score (nSPS) is 15.8. The highest BCUT2D eigenvalue weighted by Crippen LogP contribution is 2.34. The van der Waals surface area contributed by atoms with E-state index in [-0.39, 0.29) is 22.7 Å². The zero-order valence-corrected chi connectivity index (χ0v) is 18.3. The predicted octanol–water partition coefficient (Wildman–Crippen LogP) is 3.83. The molecule has 1 aliphatic rings. The molecule has 0 fully saturated rings. The van der Waals surface area contributed by atoms with Gasteiger partial charge in [-0.3, -0.25) is 4.79 Å². The average Bonchev–Trinajstić information content (AvgIpc) is 3.40. The minimum absolute atomic E-state index is 0.0210. The molecule has 1 aromatic heterocycles. The first-order valence-corrected chi connectivity index (χ1v) is 11.9. The van der Waals surface area contributed by atoms with Crippen LogP contribution in [0.25, 0.3) is 0 Å². The molecule has 1 aliphatic heterocycles. The highest BCUT2D eigenvalue weighted by atomic mass is 32.2. The van der Waals surface area contributed by atoms with Gasteiger partial charge in [0.05, 0.1) is 7.11 Å². The third-order valence-corrected chi connectivity index (χ3v) is 7.95. The third kappa shape index (κ3) is 3.98. The van der Waals surface area contributed by atoms with Gasteiger partial charge >= 0.3 is 0 Å². The van der Waals surface area contributed by atoms with Gasteiger partial charge in [0, 0.05) is 23.8 Å². The molecule has 1 atom stereocenters. The van der Waals surface area contributed by atoms with Crippen LogP contribution in [0.4, 0.5) is 5.69 Å². The van der Waals surface area contributed by atoms with E-state index < -0.39 is 10.0 Å². The predicted molar refractivity (Wildman–Crippen MR) is 118 cm³/mol. The van der Waals surface area contributed by atoms with Crippen LogP contribution in [0.5, 0.6) is 5.75 Å². The van der Waals surface area contributed by atoms with E-state index in [9.17, 15) is 13.2 Å². The smallest absolute Gasteiger partial charge is 0.258 e. The van der Waals surface area contributed by atoms with Gasteiger partial charge in [0.1, 0.15) is 9.96 Å². The molecule has 0 saturated carbocycles. The molecule has 8 heteroatoms. The van der Waals surface area contributed by atoms with E-state index in [1.807, 2.05) is 25.1 Å². The summed E-state index contributed by atoms with van der Waals surface area (Å²) in [5.41, 5.74) is 3.29. The average molecular weight is 443 g/mol. The quantitative estimate of drug-likeness (QED) is 0.630. The Kier molecular flexibility index (Phi) is 5.64. The van der Waals surface area contributed by atoms with Gasteiger partial charge in [0.2, 0.25) is 10.0 Å². The molecule has 4 rings (SSSR count). The summed E-state index contributed by atoms with van der Waals surface area (Å²) in [4.78, 5) is 15.0. The second-order valence-electron chi connectivity index (χ2n) is 7.18. The molecule has 3 aromatic rings. The van der Waals surface area contributed by atoms with Crippen molar-refractivity contribution in [3.05, 3.63) is 76.7 Å². The van der Waals surface area contributed by atoms with Gasteiger partial charge in [0.15, 0.2) is 0 Å². The van der Waals surface area contributed by atoms with E-state index in [1.165, 1.54) is 11.3 Å². The second-order valence-corrected chi connectivity index (χ2v) is 10.1. The number of thiophene rings is 1. The molecular weight excluding hydrogens is 420 g/mol. The van der Waals surface area contributed by atoms with Crippen molar-refractivity contribution in [3.8, 4) is 5.75 Å². The van der Waals surface area contributed by atoms with Crippen molar-refractivity contribution in [3.63, 3.8) is 0 Å². The number of benzene rings is 2. The van der Waals surface area contributed by atoms with Crippen LogP contribution in [0.15, 0.2) is 64.2 Å². The number of carbonyl (C=O) groups is 1. The molecule has 0 bridgehead atoms. The number of anilines is 1. The van der Waals surface area contributed by atoms with E-state index in [2.05, 4.69) is 4.72 Å². The topological polar surface area (TPSA) is 75.7 Å². The van der Waals surface area contributed by atoms with Crippen LogP contribution in [-0.2, 0) is 23.0 Å². The van der Waals surface area contributed by atoms with E-state index in [0.717, 1.165) is 23.2 Å². The number of nitrogens with one attached hydrogen (secondary N) is 1. The molecule has 0 saturated heterocycles. The largest absolute Gasteiger partial charge is 0.497 e. The second kappa shape index (κ2) is 8.22. The number of fused-ring (bicyclic) bond motifs is 1. The molecule has 2 aromatic carbocycles. The van der Waals surface area contributed by atoms with E-state index in [1.54, 1.807) is 53.8 Å². The SMILES string of the molecule is COc1ccc(C(=O)N2c3cc(CNS(=O)(=O)c4cccs4)ccc3CC2C)cc1. The lowest BCUT2D eigenvalue weighted by Gasteiger charge is -2.23. The Morgan fingerprint density at radius 3 is 2.63 bits per heavy atom. The fourth-order valence-corrected chi connectivity index (χ4v) is 5.67. The van der Waals surface area contributed by atoms with Crippen molar-refractivity contribution in [2.75, 3.05) is 12.0 Å². The zero-order chi connectivity index (χ0) is 21.3. The van der Waals surface area contributed by atoms with Gasteiger partial charge < -0.3 is 9.64 Å². The number of amides is 1. The van der Waals surface area contributed by atoms with Crippen molar-refractivity contribution in [2.45, 2.75) is 30.1 Å². The molecule has 0 aliphatic carbocycles. The van der Waals surface area contributed by atoms with E-state index in [0.29, 0.717) is 11.3 Å². The molecule has 6 nitrogen and oxygen atoms in total. The molecule has 1 unspecified atom stereocenters.